The summed E-state index contributed by atoms with van der Waals surface area (Å²) < 4.78 is 5.08. The summed E-state index contributed by atoms with van der Waals surface area (Å²) in [4.78, 5) is 4.24. The summed E-state index contributed by atoms with van der Waals surface area (Å²) in [5.74, 6) is 0. The van der Waals surface area contributed by atoms with Gasteiger partial charge in [0.15, 0.2) is 0 Å². The number of hydrogen-bond donors (Lipinski definition) is 2. The molecule has 15 heavy (non-hydrogen) atoms. The van der Waals surface area contributed by atoms with Crippen LogP contribution in [0.15, 0.2) is 11.6 Å². The van der Waals surface area contributed by atoms with Crippen molar-refractivity contribution in [2.45, 2.75) is 25.4 Å². The van der Waals surface area contributed by atoms with Crippen molar-refractivity contribution in [2.24, 2.45) is 0 Å². The maximum Gasteiger partial charge on any atom is 0.109 e. The molecule has 0 bridgehead atoms. The molecule has 86 valence electrons. The number of rotatable bonds is 7. The van der Waals surface area contributed by atoms with E-state index in [4.69, 9.17) is 9.84 Å². The zero-order valence-electron chi connectivity index (χ0n) is 9.14. The fourth-order valence-electron chi connectivity index (χ4n) is 1.44. The minimum Gasteiger partial charge on any atom is -0.396 e. The molecule has 0 radical (unpaired) electrons. The second-order valence-electron chi connectivity index (χ2n) is 3.42. The molecule has 2 N–H and O–H groups in total. The molecule has 5 heteroatoms. The number of ether oxygens (including phenoxy) is 1. The number of nitrogens with zero attached hydrogens (tertiary/aromatic N) is 1. The number of hydrogen-bond acceptors (Lipinski definition) is 5. The van der Waals surface area contributed by atoms with E-state index >= 15 is 0 Å². The Bertz CT molecular complexity index is 248. The fourth-order valence-corrected chi connectivity index (χ4v) is 2.10. The smallest absolute Gasteiger partial charge is 0.109 e. The first kappa shape index (κ1) is 12.6. The summed E-state index contributed by atoms with van der Waals surface area (Å²) in [5, 5.41) is 15.3. The van der Waals surface area contributed by atoms with Gasteiger partial charge in [-0.3, -0.25) is 0 Å². The molecule has 1 aromatic rings. The van der Waals surface area contributed by atoms with Crippen molar-refractivity contribution >= 4 is 11.3 Å². The highest BCUT2D eigenvalue weighted by Gasteiger charge is 2.14. The van der Waals surface area contributed by atoms with Crippen LogP contribution in [-0.2, 0) is 4.74 Å². The highest BCUT2D eigenvalue weighted by molar-refractivity contribution is 7.09. The van der Waals surface area contributed by atoms with E-state index < -0.39 is 0 Å². The van der Waals surface area contributed by atoms with Gasteiger partial charge in [-0.25, -0.2) is 4.98 Å². The number of thiazole rings is 1. The van der Waals surface area contributed by atoms with Gasteiger partial charge in [-0.1, -0.05) is 0 Å². The average molecular weight is 230 g/mol. The topological polar surface area (TPSA) is 54.4 Å². The van der Waals surface area contributed by atoms with Gasteiger partial charge in [0.05, 0.1) is 12.6 Å². The van der Waals surface area contributed by atoms with Crippen LogP contribution in [0.5, 0.6) is 0 Å². The van der Waals surface area contributed by atoms with E-state index in [2.05, 4.69) is 17.2 Å². The van der Waals surface area contributed by atoms with Crippen LogP contribution >= 0.6 is 11.3 Å². The quantitative estimate of drug-likeness (QED) is 0.739. The molecule has 2 unspecified atom stereocenters. The Labute approximate surface area is 94.3 Å². The number of aliphatic hydroxyl groups is 1. The van der Waals surface area contributed by atoms with Crippen molar-refractivity contribution in [3.05, 3.63) is 16.6 Å². The Kier molecular flexibility index (Phi) is 5.78. The molecule has 1 heterocycles. The third kappa shape index (κ3) is 4.25. The van der Waals surface area contributed by atoms with Gasteiger partial charge in [0.2, 0.25) is 0 Å². The molecule has 4 nitrogen and oxygen atoms in total. The predicted molar refractivity (Wildman–Crippen MR) is 61.0 cm³/mol. The SMILES string of the molecule is COCC(CCO)NC(C)c1nccs1. The molecule has 0 saturated carbocycles. The van der Waals surface area contributed by atoms with Gasteiger partial charge in [0, 0.05) is 31.3 Å². The maximum atomic E-state index is 8.90. The highest BCUT2D eigenvalue weighted by atomic mass is 32.1. The van der Waals surface area contributed by atoms with E-state index in [0.717, 1.165) is 5.01 Å². The third-order valence-electron chi connectivity index (χ3n) is 2.15. The normalized spacial score (nSPS) is 15.1. The second kappa shape index (κ2) is 6.90. The van der Waals surface area contributed by atoms with E-state index in [1.807, 2.05) is 5.38 Å². The van der Waals surface area contributed by atoms with Crippen molar-refractivity contribution in [3.63, 3.8) is 0 Å². The number of methoxy groups -OCH3 is 1. The van der Waals surface area contributed by atoms with Gasteiger partial charge >= 0.3 is 0 Å². The summed E-state index contributed by atoms with van der Waals surface area (Å²) in [6.45, 7) is 2.85. The predicted octanol–water partition coefficient (Wildman–Crippen LogP) is 1.19. The number of nitrogens with one attached hydrogen (secondary N) is 1. The Hall–Kier alpha value is -0.490. The number of aliphatic hydroxyl groups excluding tert-OH is 1. The molecule has 0 fully saturated rings. The van der Waals surface area contributed by atoms with Crippen LogP contribution in [0.1, 0.15) is 24.4 Å². The molecule has 1 aromatic heterocycles. The minimum atomic E-state index is 0.172. The molecule has 0 amide bonds. The van der Waals surface area contributed by atoms with Crippen LogP contribution in [0.3, 0.4) is 0 Å². The van der Waals surface area contributed by atoms with Crippen molar-refractivity contribution in [2.75, 3.05) is 20.3 Å². The van der Waals surface area contributed by atoms with Crippen LogP contribution in [0.25, 0.3) is 0 Å². The zero-order chi connectivity index (χ0) is 11.1. The standard InChI is InChI=1S/C10H18N2O2S/c1-8(10-11-4-6-15-10)12-9(3-5-13)7-14-2/h4,6,8-9,12-13H,3,5,7H2,1-2H3. The van der Waals surface area contributed by atoms with Crippen LogP contribution in [-0.4, -0.2) is 36.5 Å². The molecule has 0 spiro atoms. The van der Waals surface area contributed by atoms with Gasteiger partial charge in [0.25, 0.3) is 0 Å². The van der Waals surface area contributed by atoms with Crippen LogP contribution in [0.4, 0.5) is 0 Å². The van der Waals surface area contributed by atoms with Crippen LogP contribution < -0.4 is 5.32 Å². The zero-order valence-corrected chi connectivity index (χ0v) is 9.96. The summed E-state index contributed by atoms with van der Waals surface area (Å²) in [6, 6.07) is 0.385. The lowest BCUT2D eigenvalue weighted by Gasteiger charge is -2.20. The van der Waals surface area contributed by atoms with Crippen molar-refractivity contribution in [3.8, 4) is 0 Å². The van der Waals surface area contributed by atoms with Gasteiger partial charge < -0.3 is 15.2 Å². The van der Waals surface area contributed by atoms with Crippen LogP contribution in [0.2, 0.25) is 0 Å². The second-order valence-corrected chi connectivity index (χ2v) is 4.35. The molecule has 2 atom stereocenters. The van der Waals surface area contributed by atoms with E-state index in [9.17, 15) is 0 Å². The molecule has 0 aliphatic rings. The van der Waals surface area contributed by atoms with Crippen molar-refractivity contribution in [1.29, 1.82) is 0 Å². The molecule has 0 aliphatic heterocycles. The van der Waals surface area contributed by atoms with Crippen LogP contribution in [0, 0.1) is 0 Å². The van der Waals surface area contributed by atoms with Gasteiger partial charge in [0.1, 0.15) is 5.01 Å². The largest absolute Gasteiger partial charge is 0.396 e. The average Bonchev–Trinajstić information content (AvgIpc) is 2.71. The fraction of sp³-hybridized carbons (Fsp3) is 0.700. The van der Waals surface area contributed by atoms with E-state index in [1.165, 1.54) is 0 Å². The van der Waals surface area contributed by atoms with Gasteiger partial charge in [-0.05, 0) is 13.3 Å². The van der Waals surface area contributed by atoms with Crippen molar-refractivity contribution < 1.29 is 9.84 Å². The molecular formula is C10H18N2O2S. The van der Waals surface area contributed by atoms with E-state index in [-0.39, 0.29) is 18.7 Å². The first-order valence-electron chi connectivity index (χ1n) is 5.03. The van der Waals surface area contributed by atoms with E-state index in [1.54, 1.807) is 24.6 Å². The Morgan fingerprint density at radius 3 is 3.00 bits per heavy atom. The Morgan fingerprint density at radius 2 is 2.47 bits per heavy atom. The summed E-state index contributed by atoms with van der Waals surface area (Å²) in [7, 11) is 1.67. The van der Waals surface area contributed by atoms with Gasteiger partial charge in [-0.2, -0.15) is 0 Å². The Balaban J connectivity index is 2.43. The summed E-state index contributed by atoms with van der Waals surface area (Å²) in [5.41, 5.74) is 0. The number of aromatic nitrogens is 1. The lowest BCUT2D eigenvalue weighted by molar-refractivity contribution is 0.143. The van der Waals surface area contributed by atoms with E-state index in [0.29, 0.717) is 13.0 Å². The summed E-state index contributed by atoms with van der Waals surface area (Å²) in [6.07, 6.45) is 2.50. The minimum absolute atomic E-state index is 0.172. The summed E-state index contributed by atoms with van der Waals surface area (Å²) >= 11 is 1.63. The maximum absolute atomic E-state index is 8.90. The van der Waals surface area contributed by atoms with Gasteiger partial charge in [-0.15, -0.1) is 11.3 Å². The molecular weight excluding hydrogens is 212 g/mol. The first-order valence-corrected chi connectivity index (χ1v) is 5.91. The highest BCUT2D eigenvalue weighted by Crippen LogP contribution is 2.15. The molecule has 0 aromatic carbocycles. The van der Waals surface area contributed by atoms with Crippen molar-refractivity contribution in [1.82, 2.24) is 10.3 Å². The monoisotopic (exact) mass is 230 g/mol. The molecule has 0 aliphatic carbocycles. The Morgan fingerprint density at radius 1 is 1.67 bits per heavy atom. The first-order chi connectivity index (χ1) is 7.27. The molecule has 1 rings (SSSR count). The molecule has 0 saturated heterocycles. The lowest BCUT2D eigenvalue weighted by atomic mass is 10.2. The third-order valence-corrected chi connectivity index (χ3v) is 3.11. The lowest BCUT2D eigenvalue weighted by Crippen LogP contribution is -2.35.